The highest BCUT2D eigenvalue weighted by Gasteiger charge is 2.09. The molecule has 0 amide bonds. The van der Waals surface area contributed by atoms with Crippen LogP contribution in [-0.2, 0) is 10.1 Å². The first-order valence-electron chi connectivity index (χ1n) is 6.59. The summed E-state index contributed by atoms with van der Waals surface area (Å²) in [6.07, 6.45) is 1.10. The maximum atomic E-state index is 11.0. The van der Waals surface area contributed by atoms with Crippen molar-refractivity contribution in [3.05, 3.63) is 54.1 Å². The highest BCUT2D eigenvalue weighted by molar-refractivity contribution is 7.85. The summed E-state index contributed by atoms with van der Waals surface area (Å²) < 4.78 is 30.9. The van der Waals surface area contributed by atoms with Gasteiger partial charge in [-0.05, 0) is 41.2 Å². The van der Waals surface area contributed by atoms with Gasteiger partial charge in [-0.25, -0.2) is 0 Å². The zero-order chi connectivity index (χ0) is 14.8. The van der Waals surface area contributed by atoms with E-state index in [9.17, 15) is 8.42 Å². The van der Waals surface area contributed by atoms with Crippen molar-refractivity contribution < 1.29 is 13.0 Å². The van der Waals surface area contributed by atoms with E-state index in [0.717, 1.165) is 17.5 Å². The van der Waals surface area contributed by atoms with Crippen LogP contribution in [0.1, 0.15) is 31.7 Å². The van der Waals surface area contributed by atoms with Gasteiger partial charge in [-0.15, -0.1) is 0 Å². The Balaban J connectivity index is 2.28. The number of hydrogen-bond donors (Lipinski definition) is 1. The van der Waals surface area contributed by atoms with Crippen molar-refractivity contribution in [3.63, 3.8) is 0 Å². The Morgan fingerprint density at radius 1 is 0.950 bits per heavy atom. The van der Waals surface area contributed by atoms with Crippen LogP contribution in [0.4, 0.5) is 0 Å². The SMILES string of the molecule is CCC(C)c1ccc(-c2ccc(S(=O)(=O)O)cc2)cc1. The van der Waals surface area contributed by atoms with Crippen molar-refractivity contribution >= 4 is 10.1 Å². The Morgan fingerprint density at radius 3 is 1.80 bits per heavy atom. The Labute approximate surface area is 120 Å². The maximum absolute atomic E-state index is 11.0. The molecule has 1 atom stereocenters. The molecule has 0 spiro atoms. The van der Waals surface area contributed by atoms with E-state index in [1.54, 1.807) is 12.1 Å². The molecule has 2 rings (SSSR count). The number of hydrogen-bond acceptors (Lipinski definition) is 2. The molecule has 0 aromatic heterocycles. The van der Waals surface area contributed by atoms with Crippen LogP contribution in [0.25, 0.3) is 11.1 Å². The fourth-order valence-electron chi connectivity index (χ4n) is 2.06. The van der Waals surface area contributed by atoms with Crippen LogP contribution in [0.15, 0.2) is 53.4 Å². The Hall–Kier alpha value is -1.65. The predicted octanol–water partition coefficient (Wildman–Crippen LogP) is 4.11. The molecule has 0 aliphatic rings. The highest BCUT2D eigenvalue weighted by Crippen LogP contribution is 2.25. The second-order valence-electron chi connectivity index (χ2n) is 4.93. The van der Waals surface area contributed by atoms with Gasteiger partial charge in [-0.2, -0.15) is 8.42 Å². The summed E-state index contributed by atoms with van der Waals surface area (Å²) in [5.74, 6) is 0.533. The normalized spacial score (nSPS) is 13.2. The van der Waals surface area contributed by atoms with Gasteiger partial charge in [0.2, 0.25) is 0 Å². The molecule has 0 radical (unpaired) electrons. The van der Waals surface area contributed by atoms with Gasteiger partial charge in [0.15, 0.2) is 0 Å². The van der Waals surface area contributed by atoms with Crippen LogP contribution in [0.2, 0.25) is 0 Å². The van der Waals surface area contributed by atoms with E-state index in [1.807, 2.05) is 12.1 Å². The Kier molecular flexibility index (Phi) is 4.26. The van der Waals surface area contributed by atoms with Crippen LogP contribution < -0.4 is 0 Å². The van der Waals surface area contributed by atoms with Crippen molar-refractivity contribution in [2.24, 2.45) is 0 Å². The quantitative estimate of drug-likeness (QED) is 0.862. The molecule has 0 aliphatic carbocycles. The molecule has 20 heavy (non-hydrogen) atoms. The summed E-state index contributed by atoms with van der Waals surface area (Å²) in [5, 5.41) is 0. The van der Waals surface area contributed by atoms with Crippen LogP contribution in [0, 0.1) is 0 Å². The van der Waals surface area contributed by atoms with E-state index >= 15 is 0 Å². The summed E-state index contributed by atoms with van der Waals surface area (Å²) >= 11 is 0. The minimum atomic E-state index is -4.12. The molecule has 0 saturated carbocycles. The van der Waals surface area contributed by atoms with E-state index in [1.165, 1.54) is 17.7 Å². The molecule has 2 aromatic rings. The molecule has 1 unspecified atom stereocenters. The molecular weight excluding hydrogens is 272 g/mol. The van der Waals surface area contributed by atoms with Crippen LogP contribution in [-0.4, -0.2) is 13.0 Å². The largest absolute Gasteiger partial charge is 0.294 e. The first-order chi connectivity index (χ1) is 9.41. The third-order valence-corrected chi connectivity index (χ3v) is 4.45. The summed E-state index contributed by atoms with van der Waals surface area (Å²) in [5.41, 5.74) is 3.25. The third-order valence-electron chi connectivity index (χ3n) is 3.58. The Bertz CT molecular complexity index is 671. The molecule has 2 aromatic carbocycles. The fourth-order valence-corrected chi connectivity index (χ4v) is 2.54. The highest BCUT2D eigenvalue weighted by atomic mass is 32.2. The van der Waals surface area contributed by atoms with E-state index in [-0.39, 0.29) is 4.90 Å². The lowest BCUT2D eigenvalue weighted by atomic mass is 9.96. The van der Waals surface area contributed by atoms with E-state index < -0.39 is 10.1 Å². The summed E-state index contributed by atoms with van der Waals surface area (Å²) in [4.78, 5) is -0.0857. The van der Waals surface area contributed by atoms with Crippen molar-refractivity contribution in [3.8, 4) is 11.1 Å². The molecule has 0 aliphatic heterocycles. The summed E-state index contributed by atoms with van der Waals surface area (Å²) in [6, 6.07) is 14.5. The molecule has 1 N–H and O–H groups in total. The van der Waals surface area contributed by atoms with Gasteiger partial charge < -0.3 is 0 Å². The van der Waals surface area contributed by atoms with Gasteiger partial charge in [-0.3, -0.25) is 4.55 Å². The molecule has 3 nitrogen and oxygen atoms in total. The maximum Gasteiger partial charge on any atom is 0.294 e. The van der Waals surface area contributed by atoms with Crippen LogP contribution >= 0.6 is 0 Å². The molecule has 0 heterocycles. The summed E-state index contributed by atoms with van der Waals surface area (Å²) in [6.45, 7) is 4.35. The molecule has 4 heteroatoms. The first-order valence-corrected chi connectivity index (χ1v) is 8.03. The van der Waals surface area contributed by atoms with Crippen molar-refractivity contribution in [1.82, 2.24) is 0 Å². The van der Waals surface area contributed by atoms with Gasteiger partial charge in [0.05, 0.1) is 4.90 Å². The lowest BCUT2D eigenvalue weighted by Gasteiger charge is -2.10. The third kappa shape index (κ3) is 3.26. The zero-order valence-electron chi connectivity index (χ0n) is 11.6. The lowest BCUT2D eigenvalue weighted by Crippen LogP contribution is -1.97. The summed E-state index contributed by atoms with van der Waals surface area (Å²) in [7, 11) is -4.12. The topological polar surface area (TPSA) is 54.4 Å². The second-order valence-corrected chi connectivity index (χ2v) is 6.35. The predicted molar refractivity (Wildman–Crippen MR) is 80.4 cm³/mol. The van der Waals surface area contributed by atoms with E-state index in [0.29, 0.717) is 5.92 Å². The van der Waals surface area contributed by atoms with Gasteiger partial charge in [0.1, 0.15) is 0 Å². The van der Waals surface area contributed by atoms with Gasteiger partial charge in [-0.1, -0.05) is 50.2 Å². The zero-order valence-corrected chi connectivity index (χ0v) is 12.4. The second kappa shape index (κ2) is 5.77. The van der Waals surface area contributed by atoms with Crippen LogP contribution in [0.5, 0.6) is 0 Å². The molecule has 0 saturated heterocycles. The lowest BCUT2D eigenvalue weighted by molar-refractivity contribution is 0.483. The fraction of sp³-hybridized carbons (Fsp3) is 0.250. The Morgan fingerprint density at radius 2 is 1.40 bits per heavy atom. The van der Waals surface area contributed by atoms with E-state index in [2.05, 4.69) is 26.0 Å². The van der Waals surface area contributed by atoms with Crippen molar-refractivity contribution in [2.45, 2.75) is 31.1 Å². The first kappa shape index (κ1) is 14.8. The van der Waals surface area contributed by atoms with Crippen LogP contribution in [0.3, 0.4) is 0 Å². The standard InChI is InChI=1S/C16H18O3S/c1-3-12(2)13-4-6-14(7-5-13)15-8-10-16(11-9-15)20(17,18)19/h4-12H,3H2,1-2H3,(H,17,18,19). The monoisotopic (exact) mass is 290 g/mol. The smallest absolute Gasteiger partial charge is 0.282 e. The molecular formula is C16H18O3S. The van der Waals surface area contributed by atoms with E-state index in [4.69, 9.17) is 4.55 Å². The number of rotatable bonds is 4. The minimum Gasteiger partial charge on any atom is -0.282 e. The minimum absolute atomic E-state index is 0.0857. The molecule has 0 bridgehead atoms. The average molecular weight is 290 g/mol. The number of benzene rings is 2. The van der Waals surface area contributed by atoms with Gasteiger partial charge in [0, 0.05) is 0 Å². The average Bonchev–Trinajstić information content (AvgIpc) is 2.46. The van der Waals surface area contributed by atoms with Crippen molar-refractivity contribution in [2.75, 3.05) is 0 Å². The van der Waals surface area contributed by atoms with Gasteiger partial charge in [0.25, 0.3) is 10.1 Å². The molecule has 0 fully saturated rings. The van der Waals surface area contributed by atoms with Crippen molar-refractivity contribution in [1.29, 1.82) is 0 Å². The molecule has 106 valence electrons. The van der Waals surface area contributed by atoms with Gasteiger partial charge >= 0.3 is 0 Å².